The SMILES string of the molecule is Cc1ccc2c(c1)OC[C@H](NC(=O)[C@H](C)OC(=O)NCC(F)(F)C(F)(F)F)C(O)N2C. The second kappa shape index (κ2) is 9.12. The zero-order valence-electron chi connectivity index (χ0n) is 16.8. The number of alkyl carbamates (subject to hydrolysis) is 1. The Hall–Kier alpha value is -2.83. The number of carbonyl (C=O) groups is 2. The molecule has 1 aromatic carbocycles. The Balaban J connectivity index is 1.93. The first kappa shape index (κ1) is 24.4. The van der Waals surface area contributed by atoms with Gasteiger partial charge in [-0.05, 0) is 31.5 Å². The number of hydrogen-bond donors (Lipinski definition) is 3. The predicted molar refractivity (Wildman–Crippen MR) is 98.0 cm³/mol. The van der Waals surface area contributed by atoms with Crippen molar-refractivity contribution in [1.82, 2.24) is 10.6 Å². The maximum Gasteiger partial charge on any atom is 0.455 e. The van der Waals surface area contributed by atoms with Crippen molar-refractivity contribution in [2.75, 3.05) is 25.1 Å². The lowest BCUT2D eigenvalue weighted by molar-refractivity contribution is -0.278. The van der Waals surface area contributed by atoms with Crippen LogP contribution < -0.4 is 20.3 Å². The van der Waals surface area contributed by atoms with Crippen molar-refractivity contribution in [3.63, 3.8) is 0 Å². The number of aryl methyl sites for hydroxylation is 1. The molecule has 0 saturated heterocycles. The molecule has 0 saturated carbocycles. The van der Waals surface area contributed by atoms with Gasteiger partial charge in [0.2, 0.25) is 0 Å². The zero-order valence-corrected chi connectivity index (χ0v) is 16.8. The highest BCUT2D eigenvalue weighted by Gasteiger charge is 2.57. The number of aliphatic hydroxyl groups excluding tert-OH is 1. The summed E-state index contributed by atoms with van der Waals surface area (Å²) >= 11 is 0. The zero-order chi connectivity index (χ0) is 23.6. The highest BCUT2D eigenvalue weighted by atomic mass is 19.4. The van der Waals surface area contributed by atoms with Gasteiger partial charge in [0.25, 0.3) is 5.91 Å². The summed E-state index contributed by atoms with van der Waals surface area (Å²) in [5, 5.41) is 14.2. The molecule has 31 heavy (non-hydrogen) atoms. The lowest BCUT2D eigenvalue weighted by Gasteiger charge is -2.29. The third kappa shape index (κ3) is 5.87. The lowest BCUT2D eigenvalue weighted by Crippen LogP contribution is -2.55. The second-order valence-corrected chi connectivity index (χ2v) is 7.03. The van der Waals surface area contributed by atoms with Crippen LogP contribution in [0.15, 0.2) is 18.2 Å². The van der Waals surface area contributed by atoms with E-state index in [2.05, 4.69) is 10.1 Å². The monoisotopic (exact) mass is 455 g/mol. The molecule has 8 nitrogen and oxygen atoms in total. The predicted octanol–water partition coefficient (Wildman–Crippen LogP) is 1.94. The Bertz CT molecular complexity index is 820. The van der Waals surface area contributed by atoms with E-state index in [1.807, 2.05) is 6.92 Å². The third-order valence-electron chi connectivity index (χ3n) is 4.52. The Kier molecular flexibility index (Phi) is 7.19. The molecule has 0 aliphatic carbocycles. The number of benzene rings is 1. The van der Waals surface area contributed by atoms with Crippen LogP contribution in [0.5, 0.6) is 5.75 Å². The molecule has 3 N–H and O–H groups in total. The number of amides is 2. The number of aliphatic hydroxyl groups is 1. The van der Waals surface area contributed by atoms with E-state index in [9.17, 15) is 36.6 Å². The van der Waals surface area contributed by atoms with Crippen LogP contribution in [0.3, 0.4) is 0 Å². The van der Waals surface area contributed by atoms with Gasteiger partial charge >= 0.3 is 18.2 Å². The van der Waals surface area contributed by atoms with Crippen molar-refractivity contribution >= 4 is 17.7 Å². The van der Waals surface area contributed by atoms with Gasteiger partial charge in [0.05, 0.1) is 12.2 Å². The summed E-state index contributed by atoms with van der Waals surface area (Å²) in [6.07, 6.45) is -10.3. The molecular weight excluding hydrogens is 433 g/mol. The topological polar surface area (TPSA) is 100 Å². The average Bonchev–Trinajstić information content (AvgIpc) is 2.77. The molecule has 0 radical (unpaired) electrons. The number of nitrogens with zero attached hydrogens (tertiary/aromatic N) is 1. The summed E-state index contributed by atoms with van der Waals surface area (Å²) in [6.45, 7) is 0.757. The number of anilines is 1. The van der Waals surface area contributed by atoms with Crippen molar-refractivity contribution in [1.29, 1.82) is 0 Å². The van der Waals surface area contributed by atoms with Crippen LogP contribution in [0.1, 0.15) is 12.5 Å². The Morgan fingerprint density at radius 3 is 2.58 bits per heavy atom. The number of fused-ring (bicyclic) bond motifs is 1. The molecule has 0 fully saturated rings. The van der Waals surface area contributed by atoms with E-state index in [0.29, 0.717) is 11.4 Å². The molecule has 0 spiro atoms. The molecule has 0 aromatic heterocycles. The molecule has 1 heterocycles. The Morgan fingerprint density at radius 2 is 1.97 bits per heavy atom. The van der Waals surface area contributed by atoms with Crippen molar-refractivity contribution in [2.45, 2.75) is 44.3 Å². The largest absolute Gasteiger partial charge is 0.489 e. The summed E-state index contributed by atoms with van der Waals surface area (Å²) in [4.78, 5) is 25.2. The van der Waals surface area contributed by atoms with Crippen LogP contribution in [0.25, 0.3) is 0 Å². The summed E-state index contributed by atoms with van der Waals surface area (Å²) in [5.74, 6) is -5.59. The molecule has 1 aliphatic rings. The van der Waals surface area contributed by atoms with E-state index in [-0.39, 0.29) is 6.61 Å². The van der Waals surface area contributed by atoms with Crippen molar-refractivity contribution < 1.29 is 46.1 Å². The highest BCUT2D eigenvalue weighted by molar-refractivity contribution is 5.83. The first-order chi connectivity index (χ1) is 14.2. The van der Waals surface area contributed by atoms with Crippen molar-refractivity contribution in [2.24, 2.45) is 0 Å². The molecular formula is C18H22F5N3O5. The molecule has 2 rings (SSSR count). The number of rotatable bonds is 5. The van der Waals surface area contributed by atoms with Crippen LogP contribution in [0.2, 0.25) is 0 Å². The normalized spacial score (nSPS) is 20.1. The van der Waals surface area contributed by atoms with Gasteiger partial charge < -0.3 is 30.1 Å². The standard InChI is InChI=1S/C18H22F5N3O5/c1-9-4-5-12-13(6-9)30-7-11(15(28)26(12)3)25-14(27)10(2)31-16(29)24-8-17(19,20)18(21,22)23/h4-6,10-11,15,28H,7-8H2,1-3H3,(H,24,29)(H,25,27)/t10-,11-,15?/m0/s1. The van der Waals surface area contributed by atoms with Crippen molar-refractivity contribution in [3.05, 3.63) is 23.8 Å². The van der Waals surface area contributed by atoms with Crippen LogP contribution in [0.4, 0.5) is 32.4 Å². The highest BCUT2D eigenvalue weighted by Crippen LogP contribution is 2.35. The average molecular weight is 455 g/mol. The van der Waals surface area contributed by atoms with E-state index in [0.717, 1.165) is 12.5 Å². The minimum atomic E-state index is -5.85. The minimum absolute atomic E-state index is 0.135. The molecule has 1 aromatic rings. The number of hydrogen-bond acceptors (Lipinski definition) is 6. The quantitative estimate of drug-likeness (QED) is 0.587. The molecule has 2 amide bonds. The number of likely N-dealkylation sites (N-methyl/N-ethyl adjacent to an activating group) is 1. The van der Waals surface area contributed by atoms with Gasteiger partial charge in [-0.25, -0.2) is 4.79 Å². The van der Waals surface area contributed by atoms with Crippen LogP contribution in [-0.2, 0) is 9.53 Å². The van der Waals surface area contributed by atoms with Crippen LogP contribution in [0, 0.1) is 6.92 Å². The fourth-order valence-electron chi connectivity index (χ4n) is 2.66. The summed E-state index contributed by atoms with van der Waals surface area (Å²) in [5.41, 5.74) is 1.48. The fraction of sp³-hybridized carbons (Fsp3) is 0.556. The smallest absolute Gasteiger partial charge is 0.455 e. The number of halogens is 5. The van der Waals surface area contributed by atoms with E-state index < -0.39 is 49.0 Å². The van der Waals surface area contributed by atoms with Crippen molar-refractivity contribution in [3.8, 4) is 5.75 Å². The maximum absolute atomic E-state index is 12.8. The Labute approximate surface area is 174 Å². The van der Waals surface area contributed by atoms with Gasteiger partial charge in [0, 0.05) is 7.05 Å². The van der Waals surface area contributed by atoms with E-state index in [1.54, 1.807) is 25.2 Å². The van der Waals surface area contributed by atoms with Gasteiger partial charge in [-0.2, -0.15) is 22.0 Å². The molecule has 1 unspecified atom stereocenters. The van der Waals surface area contributed by atoms with Gasteiger partial charge in [-0.1, -0.05) is 6.07 Å². The molecule has 3 atom stereocenters. The van der Waals surface area contributed by atoms with Crippen LogP contribution in [-0.4, -0.2) is 67.8 Å². The van der Waals surface area contributed by atoms with Gasteiger partial charge in [0.15, 0.2) is 12.3 Å². The van der Waals surface area contributed by atoms with Gasteiger partial charge in [-0.3, -0.25) is 4.79 Å². The minimum Gasteiger partial charge on any atom is -0.489 e. The Morgan fingerprint density at radius 1 is 1.32 bits per heavy atom. The fourth-order valence-corrected chi connectivity index (χ4v) is 2.66. The van der Waals surface area contributed by atoms with Gasteiger partial charge in [0.1, 0.15) is 18.4 Å². The first-order valence-electron chi connectivity index (χ1n) is 9.06. The molecule has 1 aliphatic heterocycles. The summed E-state index contributed by atoms with van der Waals surface area (Å²) in [6, 6.07) is 4.32. The lowest BCUT2D eigenvalue weighted by atomic mass is 10.2. The second-order valence-electron chi connectivity index (χ2n) is 7.03. The maximum atomic E-state index is 12.8. The van der Waals surface area contributed by atoms with Crippen LogP contribution >= 0.6 is 0 Å². The number of alkyl halides is 5. The van der Waals surface area contributed by atoms with E-state index in [4.69, 9.17) is 4.74 Å². The number of ether oxygens (including phenoxy) is 2. The summed E-state index contributed by atoms with van der Waals surface area (Å²) < 4.78 is 72.2. The van der Waals surface area contributed by atoms with E-state index in [1.165, 1.54) is 10.2 Å². The van der Waals surface area contributed by atoms with Gasteiger partial charge in [-0.15, -0.1) is 0 Å². The molecule has 0 bridgehead atoms. The molecule has 174 valence electrons. The number of carbonyl (C=O) groups excluding carboxylic acids is 2. The number of nitrogens with one attached hydrogen (secondary N) is 2. The molecule has 13 heteroatoms. The summed E-state index contributed by atoms with van der Waals surface area (Å²) in [7, 11) is 1.57. The first-order valence-corrected chi connectivity index (χ1v) is 9.06. The van der Waals surface area contributed by atoms with E-state index >= 15 is 0 Å². The third-order valence-corrected chi connectivity index (χ3v) is 4.52.